The van der Waals surface area contributed by atoms with Crippen LogP contribution in [0.1, 0.15) is 194 Å². The number of aliphatic hydroxyl groups excluding tert-OH is 2. The summed E-state index contributed by atoms with van der Waals surface area (Å²) < 4.78 is 0. The van der Waals surface area contributed by atoms with E-state index in [0.29, 0.717) is 6.42 Å². The van der Waals surface area contributed by atoms with Crippen molar-refractivity contribution in [3.8, 4) is 0 Å². The summed E-state index contributed by atoms with van der Waals surface area (Å²) in [6.45, 7) is 4.17. The van der Waals surface area contributed by atoms with E-state index in [9.17, 15) is 15.0 Å². The van der Waals surface area contributed by atoms with Crippen molar-refractivity contribution in [2.75, 3.05) is 6.61 Å². The van der Waals surface area contributed by atoms with Gasteiger partial charge in [-0.3, -0.25) is 4.79 Å². The number of hydrogen-bond acceptors (Lipinski definition) is 3. The maximum Gasteiger partial charge on any atom is 0.220 e. The Hall–Kier alpha value is -2.17. The maximum absolute atomic E-state index is 12.4. The molecule has 0 aromatic heterocycles. The summed E-state index contributed by atoms with van der Waals surface area (Å²) in [5.41, 5.74) is 0. The molecule has 3 N–H and O–H groups in total. The molecule has 0 saturated heterocycles. The van der Waals surface area contributed by atoms with Crippen LogP contribution in [0.2, 0.25) is 0 Å². The van der Waals surface area contributed by atoms with Crippen LogP contribution in [0.4, 0.5) is 0 Å². The highest BCUT2D eigenvalue weighted by atomic mass is 16.3. The zero-order valence-electron chi connectivity index (χ0n) is 32.9. The minimum atomic E-state index is -0.876. The van der Waals surface area contributed by atoms with Gasteiger partial charge in [0, 0.05) is 6.42 Å². The summed E-state index contributed by atoms with van der Waals surface area (Å²) in [5, 5.41) is 22.9. The fourth-order valence-corrected chi connectivity index (χ4v) is 5.95. The fourth-order valence-electron chi connectivity index (χ4n) is 5.95. The number of allylic oxidation sites excluding steroid dienone is 11. The van der Waals surface area contributed by atoms with Crippen molar-refractivity contribution >= 4 is 5.91 Å². The van der Waals surface area contributed by atoms with Gasteiger partial charge in [0.15, 0.2) is 0 Å². The molecule has 0 bridgehead atoms. The van der Waals surface area contributed by atoms with Crippen molar-refractivity contribution in [1.82, 2.24) is 5.32 Å². The van der Waals surface area contributed by atoms with E-state index in [2.05, 4.69) is 79.9 Å². The minimum absolute atomic E-state index is 0.0998. The molecular weight excluding hydrogens is 615 g/mol. The van der Waals surface area contributed by atoms with E-state index in [1.54, 1.807) is 6.08 Å². The molecule has 0 fully saturated rings. The predicted octanol–water partition coefficient (Wildman–Crippen LogP) is 13.1. The normalized spacial score (nSPS) is 13.8. The van der Waals surface area contributed by atoms with Gasteiger partial charge in [0.25, 0.3) is 0 Å². The Bertz CT molecular complexity index is 884. The van der Waals surface area contributed by atoms with Gasteiger partial charge in [-0.25, -0.2) is 0 Å². The molecule has 2 atom stereocenters. The van der Waals surface area contributed by atoms with Crippen LogP contribution in [0.15, 0.2) is 72.9 Å². The summed E-state index contributed by atoms with van der Waals surface area (Å²) in [6.07, 6.45) is 58.6. The Labute approximate surface area is 310 Å². The SMILES string of the molecule is CC/C=C\C/C=C\C/C=C\C/C=C\CCCCCCC(=O)NC(CO)C(O)/C=C/CC/C=C/CCCCCCCCCCCCCCCCC. The van der Waals surface area contributed by atoms with E-state index in [-0.39, 0.29) is 12.5 Å². The molecule has 288 valence electrons. The van der Waals surface area contributed by atoms with Crippen LogP contribution >= 0.6 is 0 Å². The van der Waals surface area contributed by atoms with Crippen LogP contribution in [0.25, 0.3) is 0 Å². The van der Waals surface area contributed by atoms with Gasteiger partial charge >= 0.3 is 0 Å². The van der Waals surface area contributed by atoms with Crippen molar-refractivity contribution < 1.29 is 15.0 Å². The summed E-state index contributed by atoms with van der Waals surface area (Å²) in [6, 6.07) is -0.655. The predicted molar refractivity (Wildman–Crippen MR) is 220 cm³/mol. The van der Waals surface area contributed by atoms with Gasteiger partial charge in [0.2, 0.25) is 5.91 Å². The third kappa shape index (κ3) is 37.1. The second-order valence-corrected chi connectivity index (χ2v) is 14.0. The molecule has 0 heterocycles. The number of aliphatic hydroxyl groups is 2. The molecule has 0 radical (unpaired) electrons. The molecule has 4 heteroatoms. The van der Waals surface area contributed by atoms with Crippen molar-refractivity contribution in [1.29, 1.82) is 0 Å². The molecule has 0 aromatic carbocycles. The lowest BCUT2D eigenvalue weighted by molar-refractivity contribution is -0.123. The summed E-state index contributed by atoms with van der Waals surface area (Å²) in [5.74, 6) is -0.0998. The van der Waals surface area contributed by atoms with Crippen molar-refractivity contribution in [2.24, 2.45) is 0 Å². The zero-order valence-corrected chi connectivity index (χ0v) is 32.9. The van der Waals surface area contributed by atoms with E-state index in [4.69, 9.17) is 0 Å². The highest BCUT2D eigenvalue weighted by molar-refractivity contribution is 5.76. The Kier molecular flexibility index (Phi) is 39.5. The van der Waals surface area contributed by atoms with Gasteiger partial charge in [-0.2, -0.15) is 0 Å². The first-order valence-electron chi connectivity index (χ1n) is 21.2. The lowest BCUT2D eigenvalue weighted by atomic mass is 10.0. The molecular formula is C46H81NO3. The molecule has 1 amide bonds. The van der Waals surface area contributed by atoms with E-state index < -0.39 is 12.1 Å². The van der Waals surface area contributed by atoms with Crippen LogP contribution in [-0.2, 0) is 4.79 Å². The number of carbonyl (C=O) groups excluding carboxylic acids is 1. The van der Waals surface area contributed by atoms with Crippen molar-refractivity contribution in [3.63, 3.8) is 0 Å². The smallest absolute Gasteiger partial charge is 0.220 e. The largest absolute Gasteiger partial charge is 0.394 e. The number of unbranched alkanes of at least 4 members (excludes halogenated alkanes) is 20. The first-order chi connectivity index (χ1) is 24.7. The zero-order chi connectivity index (χ0) is 36.4. The maximum atomic E-state index is 12.4. The average molecular weight is 696 g/mol. The number of hydrogen-bond donors (Lipinski definition) is 3. The second kappa shape index (κ2) is 41.3. The van der Waals surface area contributed by atoms with Crippen LogP contribution in [-0.4, -0.2) is 34.9 Å². The first kappa shape index (κ1) is 47.8. The molecule has 0 rings (SSSR count). The Morgan fingerprint density at radius 2 is 0.900 bits per heavy atom. The number of amides is 1. The molecule has 4 nitrogen and oxygen atoms in total. The summed E-state index contributed by atoms with van der Waals surface area (Å²) in [7, 11) is 0. The Morgan fingerprint density at radius 3 is 1.40 bits per heavy atom. The highest BCUT2D eigenvalue weighted by Crippen LogP contribution is 2.14. The number of rotatable bonds is 37. The first-order valence-corrected chi connectivity index (χ1v) is 21.2. The number of carbonyl (C=O) groups is 1. The van der Waals surface area contributed by atoms with E-state index in [1.165, 1.54) is 96.3 Å². The monoisotopic (exact) mass is 696 g/mol. The molecule has 0 aromatic rings. The lowest BCUT2D eigenvalue weighted by Crippen LogP contribution is -2.45. The van der Waals surface area contributed by atoms with Gasteiger partial charge in [-0.05, 0) is 70.6 Å². The van der Waals surface area contributed by atoms with E-state index >= 15 is 0 Å². The molecule has 0 spiro atoms. The van der Waals surface area contributed by atoms with E-state index in [1.807, 2.05) is 6.08 Å². The molecule has 0 aliphatic heterocycles. The average Bonchev–Trinajstić information content (AvgIpc) is 3.12. The van der Waals surface area contributed by atoms with Gasteiger partial charge in [0.1, 0.15) is 0 Å². The minimum Gasteiger partial charge on any atom is -0.394 e. The summed E-state index contributed by atoms with van der Waals surface area (Å²) >= 11 is 0. The fraction of sp³-hybridized carbons (Fsp3) is 0.717. The van der Waals surface area contributed by atoms with Crippen LogP contribution in [0.5, 0.6) is 0 Å². The highest BCUT2D eigenvalue weighted by Gasteiger charge is 2.17. The van der Waals surface area contributed by atoms with Crippen molar-refractivity contribution in [2.45, 2.75) is 206 Å². The summed E-state index contributed by atoms with van der Waals surface area (Å²) in [4.78, 5) is 12.4. The third-order valence-electron chi connectivity index (χ3n) is 9.17. The quantitative estimate of drug-likeness (QED) is 0.0447. The van der Waals surface area contributed by atoms with Gasteiger partial charge in [0.05, 0.1) is 18.8 Å². The van der Waals surface area contributed by atoms with Gasteiger partial charge in [-0.15, -0.1) is 0 Å². The van der Waals surface area contributed by atoms with Crippen molar-refractivity contribution in [3.05, 3.63) is 72.9 Å². The second-order valence-electron chi connectivity index (χ2n) is 14.0. The van der Waals surface area contributed by atoms with Gasteiger partial charge in [-0.1, -0.05) is 189 Å². The van der Waals surface area contributed by atoms with Crippen LogP contribution < -0.4 is 5.32 Å². The lowest BCUT2D eigenvalue weighted by Gasteiger charge is -2.19. The van der Waals surface area contributed by atoms with E-state index in [0.717, 1.165) is 77.0 Å². The molecule has 0 aliphatic rings. The Balaban J connectivity index is 3.69. The molecule has 0 saturated carbocycles. The molecule has 50 heavy (non-hydrogen) atoms. The standard InChI is InChI=1S/C46H81NO3/c1-3-5-7-9-11-13-15-17-19-21-22-23-24-26-27-29-31-33-35-37-39-41-45(49)44(43-48)47-46(50)42-40-38-36-34-32-30-28-25-20-18-16-14-12-10-8-6-4-2/h6,8,12,14,18,20,28,30-31,33,39,41,44-45,48-49H,3-5,7,9-11,13,15-17,19,21-27,29,32,34-38,40,42-43H2,1-2H3,(H,47,50)/b8-6-,14-12-,20-18-,30-28-,33-31+,41-39+. The molecule has 0 aliphatic carbocycles. The Morgan fingerprint density at radius 1 is 0.500 bits per heavy atom. The third-order valence-corrected chi connectivity index (χ3v) is 9.17. The van der Waals surface area contributed by atoms with Crippen LogP contribution in [0.3, 0.4) is 0 Å². The van der Waals surface area contributed by atoms with Crippen LogP contribution in [0, 0.1) is 0 Å². The van der Waals surface area contributed by atoms with Gasteiger partial charge < -0.3 is 15.5 Å². The number of nitrogens with one attached hydrogen (secondary N) is 1. The topological polar surface area (TPSA) is 69.6 Å². The molecule has 2 unspecified atom stereocenters.